The number of carbonyl (C=O) groups is 2. The first kappa shape index (κ1) is 13.8. The van der Waals surface area contributed by atoms with Crippen molar-refractivity contribution in [3.05, 3.63) is 47.8 Å². The van der Waals surface area contributed by atoms with Crippen molar-refractivity contribution >= 4 is 17.6 Å². The van der Waals surface area contributed by atoms with Gasteiger partial charge in [-0.05, 0) is 37.3 Å². The van der Waals surface area contributed by atoms with E-state index in [1.54, 1.807) is 35.1 Å². The Hall–Kier alpha value is -2.63. The summed E-state index contributed by atoms with van der Waals surface area (Å²) in [6.07, 6.45) is 1.75. The van der Waals surface area contributed by atoms with Gasteiger partial charge in [0.05, 0.1) is 18.4 Å². The molecule has 0 saturated heterocycles. The Kier molecular flexibility index (Phi) is 4.14. The standard InChI is InChI=1S/C14H15N3O3/c1-10-7-8-17(16-10)9-13(18)15-12-5-3-11(4-6-12)14(19)20-2/h3-8H,9H2,1-2H3,(H,15,18). The molecule has 0 unspecified atom stereocenters. The van der Waals surface area contributed by atoms with Crippen LogP contribution in [0.4, 0.5) is 5.69 Å². The first-order valence-corrected chi connectivity index (χ1v) is 6.07. The van der Waals surface area contributed by atoms with Crippen LogP contribution in [0.3, 0.4) is 0 Å². The molecule has 6 nitrogen and oxygen atoms in total. The lowest BCUT2D eigenvalue weighted by atomic mass is 10.2. The maximum atomic E-state index is 11.8. The summed E-state index contributed by atoms with van der Waals surface area (Å²) in [5, 5.41) is 6.87. The van der Waals surface area contributed by atoms with Gasteiger partial charge in [0.2, 0.25) is 5.91 Å². The van der Waals surface area contributed by atoms with Crippen LogP contribution in [-0.4, -0.2) is 28.8 Å². The summed E-state index contributed by atoms with van der Waals surface area (Å²) in [5.41, 5.74) is 1.92. The predicted octanol–water partition coefficient (Wildman–Crippen LogP) is 1.62. The second-order valence-corrected chi connectivity index (χ2v) is 4.27. The minimum atomic E-state index is -0.408. The Morgan fingerprint density at radius 3 is 2.50 bits per heavy atom. The van der Waals surface area contributed by atoms with Crippen LogP contribution in [0, 0.1) is 6.92 Å². The lowest BCUT2D eigenvalue weighted by Gasteiger charge is -2.06. The van der Waals surface area contributed by atoms with E-state index in [0.29, 0.717) is 11.3 Å². The Morgan fingerprint density at radius 1 is 1.25 bits per heavy atom. The average Bonchev–Trinajstić information content (AvgIpc) is 2.84. The molecule has 1 heterocycles. The Labute approximate surface area is 116 Å². The van der Waals surface area contributed by atoms with Crippen molar-refractivity contribution in [2.45, 2.75) is 13.5 Å². The molecule has 1 aromatic heterocycles. The molecule has 6 heteroatoms. The first-order valence-electron chi connectivity index (χ1n) is 6.07. The molecular weight excluding hydrogens is 258 g/mol. The summed E-state index contributed by atoms with van der Waals surface area (Å²) in [6, 6.07) is 8.33. The zero-order valence-electron chi connectivity index (χ0n) is 11.3. The summed E-state index contributed by atoms with van der Waals surface area (Å²) in [4.78, 5) is 23.1. The molecule has 0 aliphatic heterocycles. The minimum absolute atomic E-state index is 0.145. The van der Waals surface area contributed by atoms with Crippen molar-refractivity contribution in [2.24, 2.45) is 0 Å². The van der Waals surface area contributed by atoms with Crippen molar-refractivity contribution < 1.29 is 14.3 Å². The van der Waals surface area contributed by atoms with Crippen molar-refractivity contribution in [3.8, 4) is 0 Å². The SMILES string of the molecule is COC(=O)c1ccc(NC(=O)Cn2ccc(C)n2)cc1. The number of carbonyl (C=O) groups excluding carboxylic acids is 2. The third-order valence-electron chi connectivity index (χ3n) is 2.67. The van der Waals surface area contributed by atoms with Gasteiger partial charge in [-0.25, -0.2) is 4.79 Å². The highest BCUT2D eigenvalue weighted by molar-refractivity contribution is 5.92. The molecule has 0 saturated carbocycles. The number of benzene rings is 1. The molecule has 104 valence electrons. The van der Waals surface area contributed by atoms with Crippen LogP contribution in [0.5, 0.6) is 0 Å². The maximum Gasteiger partial charge on any atom is 0.337 e. The predicted molar refractivity (Wildman–Crippen MR) is 73.4 cm³/mol. The van der Waals surface area contributed by atoms with Gasteiger partial charge >= 0.3 is 5.97 Å². The fraction of sp³-hybridized carbons (Fsp3) is 0.214. The molecule has 2 rings (SSSR count). The molecule has 0 aliphatic carbocycles. The molecule has 0 spiro atoms. The Balaban J connectivity index is 1.96. The molecule has 1 N–H and O–H groups in total. The molecule has 0 atom stereocenters. The van der Waals surface area contributed by atoms with E-state index in [1.165, 1.54) is 7.11 Å². The minimum Gasteiger partial charge on any atom is -0.465 e. The first-order chi connectivity index (χ1) is 9.58. The number of amides is 1. The van der Waals surface area contributed by atoms with Crippen LogP contribution in [0.15, 0.2) is 36.5 Å². The number of nitrogens with zero attached hydrogens (tertiary/aromatic N) is 2. The van der Waals surface area contributed by atoms with E-state index in [2.05, 4.69) is 15.2 Å². The Bertz CT molecular complexity index is 617. The van der Waals surface area contributed by atoms with Gasteiger partial charge in [-0.1, -0.05) is 0 Å². The van der Waals surface area contributed by atoms with Gasteiger partial charge in [-0.2, -0.15) is 5.10 Å². The second kappa shape index (κ2) is 6.01. The van der Waals surface area contributed by atoms with Gasteiger partial charge < -0.3 is 10.1 Å². The van der Waals surface area contributed by atoms with Crippen LogP contribution in [0.2, 0.25) is 0 Å². The fourth-order valence-electron chi connectivity index (χ4n) is 1.71. The van der Waals surface area contributed by atoms with Gasteiger partial charge in [-0.3, -0.25) is 9.48 Å². The number of rotatable bonds is 4. The zero-order chi connectivity index (χ0) is 14.5. The number of hydrogen-bond acceptors (Lipinski definition) is 4. The highest BCUT2D eigenvalue weighted by Gasteiger charge is 2.07. The second-order valence-electron chi connectivity index (χ2n) is 4.27. The summed E-state index contributed by atoms with van der Waals surface area (Å²) >= 11 is 0. The van der Waals surface area contributed by atoms with Crippen molar-refractivity contribution in [1.29, 1.82) is 0 Å². The third-order valence-corrected chi connectivity index (χ3v) is 2.67. The smallest absolute Gasteiger partial charge is 0.337 e. The van der Waals surface area contributed by atoms with Gasteiger partial charge in [0.15, 0.2) is 0 Å². The summed E-state index contributed by atoms with van der Waals surface area (Å²) in [5.74, 6) is -0.589. The maximum absolute atomic E-state index is 11.8. The molecule has 0 aliphatic rings. The largest absolute Gasteiger partial charge is 0.465 e. The Morgan fingerprint density at radius 2 is 1.95 bits per heavy atom. The molecule has 20 heavy (non-hydrogen) atoms. The number of hydrogen-bond donors (Lipinski definition) is 1. The molecular formula is C14H15N3O3. The fourth-order valence-corrected chi connectivity index (χ4v) is 1.71. The van der Waals surface area contributed by atoms with Crippen LogP contribution in [0.25, 0.3) is 0 Å². The van der Waals surface area contributed by atoms with Crippen LogP contribution in [0.1, 0.15) is 16.1 Å². The number of nitrogens with one attached hydrogen (secondary N) is 1. The van der Waals surface area contributed by atoms with Crippen molar-refractivity contribution in [1.82, 2.24) is 9.78 Å². The van der Waals surface area contributed by atoms with Gasteiger partial charge in [0.1, 0.15) is 6.54 Å². The van der Waals surface area contributed by atoms with Crippen molar-refractivity contribution in [3.63, 3.8) is 0 Å². The van der Waals surface area contributed by atoms with Gasteiger partial charge in [-0.15, -0.1) is 0 Å². The molecule has 1 aromatic carbocycles. The number of esters is 1. The van der Waals surface area contributed by atoms with E-state index in [1.807, 2.05) is 13.0 Å². The van der Waals surface area contributed by atoms with E-state index in [-0.39, 0.29) is 12.5 Å². The van der Waals surface area contributed by atoms with E-state index in [0.717, 1.165) is 5.69 Å². The molecule has 2 aromatic rings. The monoisotopic (exact) mass is 273 g/mol. The van der Waals surface area contributed by atoms with E-state index in [4.69, 9.17) is 0 Å². The normalized spacial score (nSPS) is 10.1. The van der Waals surface area contributed by atoms with E-state index < -0.39 is 5.97 Å². The van der Waals surface area contributed by atoms with Crippen molar-refractivity contribution in [2.75, 3.05) is 12.4 Å². The molecule has 1 amide bonds. The number of aromatic nitrogens is 2. The molecule has 0 radical (unpaired) electrons. The highest BCUT2D eigenvalue weighted by atomic mass is 16.5. The lowest BCUT2D eigenvalue weighted by molar-refractivity contribution is -0.116. The third kappa shape index (κ3) is 3.44. The van der Waals surface area contributed by atoms with E-state index in [9.17, 15) is 9.59 Å². The molecule has 0 bridgehead atoms. The number of methoxy groups -OCH3 is 1. The molecule has 0 fully saturated rings. The van der Waals surface area contributed by atoms with Crippen LogP contribution in [-0.2, 0) is 16.1 Å². The number of aryl methyl sites for hydroxylation is 1. The summed E-state index contributed by atoms with van der Waals surface area (Å²) in [6.45, 7) is 2.01. The van der Waals surface area contributed by atoms with E-state index >= 15 is 0 Å². The topological polar surface area (TPSA) is 73.2 Å². The van der Waals surface area contributed by atoms with Crippen LogP contribution >= 0.6 is 0 Å². The van der Waals surface area contributed by atoms with Gasteiger partial charge in [0, 0.05) is 11.9 Å². The highest BCUT2D eigenvalue weighted by Crippen LogP contribution is 2.10. The summed E-state index contributed by atoms with van der Waals surface area (Å²) < 4.78 is 6.16. The quantitative estimate of drug-likeness (QED) is 0.859. The van der Waals surface area contributed by atoms with Crippen LogP contribution < -0.4 is 5.32 Å². The average molecular weight is 273 g/mol. The number of anilines is 1. The zero-order valence-corrected chi connectivity index (χ0v) is 11.3. The summed E-state index contributed by atoms with van der Waals surface area (Å²) in [7, 11) is 1.32. The van der Waals surface area contributed by atoms with Gasteiger partial charge in [0.25, 0.3) is 0 Å². The number of ether oxygens (including phenoxy) is 1. The lowest BCUT2D eigenvalue weighted by Crippen LogP contribution is -2.19.